The highest BCUT2D eigenvalue weighted by atomic mass is 16.4. The van der Waals surface area contributed by atoms with Gasteiger partial charge in [-0.25, -0.2) is 4.79 Å². The van der Waals surface area contributed by atoms with Gasteiger partial charge >= 0.3 is 5.97 Å². The molecule has 2 heteroatoms. The molecule has 134 valence electrons. The minimum atomic E-state index is -0.930. The summed E-state index contributed by atoms with van der Waals surface area (Å²) in [5.41, 5.74) is 0. The topological polar surface area (TPSA) is 37.3 Å². The summed E-state index contributed by atoms with van der Waals surface area (Å²) in [6.07, 6.45) is 31.7. The second-order valence-electron chi connectivity index (χ2n) is 5.90. The zero-order valence-electron chi connectivity index (χ0n) is 15.2. The third-order valence-electron chi connectivity index (χ3n) is 3.63. The molecule has 1 N–H and O–H groups in total. The molecule has 0 spiro atoms. The molecule has 24 heavy (non-hydrogen) atoms. The van der Waals surface area contributed by atoms with Gasteiger partial charge in [-0.2, -0.15) is 0 Å². The molecular formula is C22H34O2. The molecule has 0 unspecified atom stereocenters. The van der Waals surface area contributed by atoms with Gasteiger partial charge in [0.25, 0.3) is 0 Å². The quantitative estimate of drug-likeness (QED) is 0.204. The maximum atomic E-state index is 10.2. The molecule has 0 aromatic rings. The van der Waals surface area contributed by atoms with Crippen LogP contribution in [0.25, 0.3) is 0 Å². The smallest absolute Gasteiger partial charge is 0.328 e. The Hall–Kier alpha value is -1.83. The van der Waals surface area contributed by atoms with Crippen LogP contribution in [0.5, 0.6) is 0 Å². The van der Waals surface area contributed by atoms with Crippen molar-refractivity contribution in [3.05, 3.63) is 60.8 Å². The number of carboxylic acids is 1. The van der Waals surface area contributed by atoms with Gasteiger partial charge in [-0.3, -0.25) is 0 Å². The Labute approximate surface area is 148 Å². The maximum Gasteiger partial charge on any atom is 0.328 e. The SMILES string of the molecule is CCCCCCCCCCC/C=C/C=CC=CC=CC=CC(=O)O. The number of aliphatic carboxylic acids is 1. The van der Waals surface area contributed by atoms with E-state index < -0.39 is 5.97 Å². The van der Waals surface area contributed by atoms with E-state index in [1.54, 1.807) is 12.2 Å². The second kappa shape index (κ2) is 19.2. The molecule has 0 aliphatic carbocycles. The van der Waals surface area contributed by atoms with Crippen LogP contribution in [0.4, 0.5) is 0 Å². The minimum Gasteiger partial charge on any atom is -0.478 e. The average molecular weight is 331 g/mol. The molecule has 0 radical (unpaired) electrons. The maximum absolute atomic E-state index is 10.2. The summed E-state index contributed by atoms with van der Waals surface area (Å²) in [7, 11) is 0. The highest BCUT2D eigenvalue weighted by Gasteiger charge is 1.90. The molecule has 0 fully saturated rings. The van der Waals surface area contributed by atoms with Crippen molar-refractivity contribution in [1.82, 2.24) is 0 Å². The van der Waals surface area contributed by atoms with Gasteiger partial charge in [0.1, 0.15) is 0 Å². The lowest BCUT2D eigenvalue weighted by Crippen LogP contribution is -1.84. The van der Waals surface area contributed by atoms with Gasteiger partial charge < -0.3 is 5.11 Å². The lowest BCUT2D eigenvalue weighted by atomic mass is 10.1. The molecule has 0 saturated carbocycles. The van der Waals surface area contributed by atoms with E-state index in [2.05, 4.69) is 19.1 Å². The summed E-state index contributed by atoms with van der Waals surface area (Å²) in [6.45, 7) is 2.26. The van der Waals surface area contributed by atoms with Crippen LogP contribution in [0.1, 0.15) is 71.1 Å². The van der Waals surface area contributed by atoms with Gasteiger partial charge in [-0.15, -0.1) is 0 Å². The number of hydrogen-bond acceptors (Lipinski definition) is 1. The Bertz CT molecular complexity index is 425. The van der Waals surface area contributed by atoms with Crippen LogP contribution < -0.4 is 0 Å². The van der Waals surface area contributed by atoms with Crippen LogP contribution in [0.3, 0.4) is 0 Å². The van der Waals surface area contributed by atoms with Gasteiger partial charge in [0.15, 0.2) is 0 Å². The van der Waals surface area contributed by atoms with Crippen molar-refractivity contribution >= 4 is 5.97 Å². The molecule has 0 rings (SSSR count). The largest absolute Gasteiger partial charge is 0.478 e. The number of carboxylic acid groups (broad SMARTS) is 1. The van der Waals surface area contributed by atoms with Crippen molar-refractivity contribution in [2.75, 3.05) is 0 Å². The summed E-state index contributed by atoms with van der Waals surface area (Å²) in [4.78, 5) is 10.2. The van der Waals surface area contributed by atoms with Gasteiger partial charge in [0.05, 0.1) is 0 Å². The average Bonchev–Trinajstić information content (AvgIpc) is 2.56. The summed E-state index contributed by atoms with van der Waals surface area (Å²) < 4.78 is 0. The van der Waals surface area contributed by atoms with E-state index in [0.29, 0.717) is 0 Å². The van der Waals surface area contributed by atoms with Crippen LogP contribution >= 0.6 is 0 Å². The highest BCUT2D eigenvalue weighted by Crippen LogP contribution is 2.10. The normalized spacial score (nSPS) is 12.7. The first-order valence-electron chi connectivity index (χ1n) is 9.33. The number of carbonyl (C=O) groups is 1. The molecule has 0 aromatic carbocycles. The van der Waals surface area contributed by atoms with Crippen molar-refractivity contribution in [2.45, 2.75) is 71.1 Å². The Morgan fingerprint density at radius 1 is 0.667 bits per heavy atom. The fraction of sp³-hybridized carbons (Fsp3) is 0.500. The molecule has 0 bridgehead atoms. The molecule has 0 saturated heterocycles. The van der Waals surface area contributed by atoms with E-state index in [1.807, 2.05) is 24.3 Å². The molecule has 0 aromatic heterocycles. The lowest BCUT2D eigenvalue weighted by Gasteiger charge is -2.00. The summed E-state index contributed by atoms with van der Waals surface area (Å²) in [6, 6.07) is 0. The number of unbranched alkanes of at least 4 members (excludes halogenated alkanes) is 9. The first-order valence-corrected chi connectivity index (χ1v) is 9.33. The van der Waals surface area contributed by atoms with E-state index in [1.165, 1.54) is 63.9 Å². The Kier molecular flexibility index (Phi) is 17.8. The number of hydrogen-bond donors (Lipinski definition) is 1. The van der Waals surface area contributed by atoms with Crippen molar-refractivity contribution < 1.29 is 9.90 Å². The Morgan fingerprint density at radius 3 is 1.67 bits per heavy atom. The zero-order valence-corrected chi connectivity index (χ0v) is 15.2. The van der Waals surface area contributed by atoms with Crippen LogP contribution in [0.15, 0.2) is 60.8 Å². The Morgan fingerprint density at radius 2 is 1.12 bits per heavy atom. The first kappa shape index (κ1) is 22.2. The second-order valence-corrected chi connectivity index (χ2v) is 5.90. The van der Waals surface area contributed by atoms with E-state index in [4.69, 9.17) is 5.11 Å². The molecule has 0 heterocycles. The lowest BCUT2D eigenvalue weighted by molar-refractivity contribution is -0.131. The molecule has 0 aliphatic rings. The van der Waals surface area contributed by atoms with E-state index in [0.717, 1.165) is 12.5 Å². The van der Waals surface area contributed by atoms with Crippen molar-refractivity contribution in [3.63, 3.8) is 0 Å². The third-order valence-corrected chi connectivity index (χ3v) is 3.63. The molecule has 0 atom stereocenters. The van der Waals surface area contributed by atoms with Crippen LogP contribution in [0, 0.1) is 0 Å². The fourth-order valence-electron chi connectivity index (χ4n) is 2.27. The van der Waals surface area contributed by atoms with Crippen LogP contribution in [0.2, 0.25) is 0 Å². The molecule has 0 aliphatic heterocycles. The predicted octanol–water partition coefficient (Wildman–Crippen LogP) is 6.77. The minimum absolute atomic E-state index is 0.930. The predicted molar refractivity (Wildman–Crippen MR) is 105 cm³/mol. The van der Waals surface area contributed by atoms with Crippen molar-refractivity contribution in [2.24, 2.45) is 0 Å². The van der Waals surface area contributed by atoms with E-state index in [9.17, 15) is 4.79 Å². The van der Waals surface area contributed by atoms with Crippen molar-refractivity contribution in [3.8, 4) is 0 Å². The van der Waals surface area contributed by atoms with Gasteiger partial charge in [0.2, 0.25) is 0 Å². The molecule has 0 amide bonds. The Balaban J connectivity index is 3.44. The van der Waals surface area contributed by atoms with Crippen molar-refractivity contribution in [1.29, 1.82) is 0 Å². The monoisotopic (exact) mass is 330 g/mol. The third kappa shape index (κ3) is 20.2. The highest BCUT2D eigenvalue weighted by molar-refractivity contribution is 5.80. The first-order chi connectivity index (χ1) is 11.8. The fourth-order valence-corrected chi connectivity index (χ4v) is 2.27. The van der Waals surface area contributed by atoms with Gasteiger partial charge in [-0.05, 0) is 12.8 Å². The summed E-state index contributed by atoms with van der Waals surface area (Å²) in [5, 5.41) is 8.40. The number of allylic oxidation sites excluding steroid dienone is 9. The molecular weight excluding hydrogens is 296 g/mol. The van der Waals surface area contributed by atoms with Gasteiger partial charge in [-0.1, -0.05) is 113 Å². The number of rotatable bonds is 15. The van der Waals surface area contributed by atoms with Crippen LogP contribution in [-0.2, 0) is 4.79 Å². The van der Waals surface area contributed by atoms with E-state index >= 15 is 0 Å². The van der Waals surface area contributed by atoms with E-state index in [-0.39, 0.29) is 0 Å². The van der Waals surface area contributed by atoms with Crippen LogP contribution in [-0.4, -0.2) is 11.1 Å². The van der Waals surface area contributed by atoms with Gasteiger partial charge in [0, 0.05) is 6.08 Å². The summed E-state index contributed by atoms with van der Waals surface area (Å²) in [5.74, 6) is -0.930. The summed E-state index contributed by atoms with van der Waals surface area (Å²) >= 11 is 0. The standard InChI is InChI=1S/C22H34O2/c1-2-3-4-5-6-7-8-9-10-11-12-13-14-15-16-17-18-19-20-21-22(23)24/h12-21H,2-11H2,1H3,(H,23,24)/b13-12+,15-14?,17-16?,19-18?,21-20?. The molecule has 2 nitrogen and oxygen atoms in total. The zero-order chi connectivity index (χ0) is 17.7.